The van der Waals surface area contributed by atoms with Gasteiger partial charge in [0.05, 0.1) is 12.5 Å². The SMILES string of the molecule is C[N+](C)=C1CN(C(=O)c2cccc(COC(F)F)c2)CC1c1ccc(F)cc1. The minimum atomic E-state index is -2.85. The van der Waals surface area contributed by atoms with Crippen LogP contribution in [0.5, 0.6) is 0 Å². The monoisotopic (exact) mass is 391 g/mol. The third kappa shape index (κ3) is 4.59. The van der Waals surface area contributed by atoms with E-state index in [1.165, 1.54) is 12.1 Å². The predicted molar refractivity (Wildman–Crippen MR) is 99.4 cm³/mol. The van der Waals surface area contributed by atoms with E-state index in [9.17, 15) is 18.0 Å². The Bertz CT molecular complexity index is 877. The molecule has 148 valence electrons. The van der Waals surface area contributed by atoms with Crippen LogP contribution in [0.15, 0.2) is 48.5 Å². The molecule has 3 rings (SSSR count). The van der Waals surface area contributed by atoms with Crippen LogP contribution in [0.1, 0.15) is 27.4 Å². The largest absolute Gasteiger partial charge is 0.345 e. The second kappa shape index (κ2) is 8.56. The lowest BCUT2D eigenvalue weighted by molar-refractivity contribution is -0.466. The van der Waals surface area contributed by atoms with Gasteiger partial charge in [-0.1, -0.05) is 24.3 Å². The maximum Gasteiger partial charge on any atom is 0.345 e. The Labute approximate surface area is 161 Å². The first kappa shape index (κ1) is 20.1. The van der Waals surface area contributed by atoms with Crippen molar-refractivity contribution in [1.82, 2.24) is 4.90 Å². The van der Waals surface area contributed by atoms with Crippen molar-refractivity contribution in [2.24, 2.45) is 0 Å². The number of ether oxygens (including phenoxy) is 1. The van der Waals surface area contributed by atoms with Crippen LogP contribution in [0.25, 0.3) is 0 Å². The molecule has 0 aromatic heterocycles. The van der Waals surface area contributed by atoms with Gasteiger partial charge < -0.3 is 9.64 Å². The van der Waals surface area contributed by atoms with Gasteiger partial charge in [-0.3, -0.25) is 4.79 Å². The molecule has 0 aliphatic carbocycles. The highest BCUT2D eigenvalue weighted by atomic mass is 19.3. The molecule has 0 saturated carbocycles. The van der Waals surface area contributed by atoms with Crippen molar-refractivity contribution in [1.29, 1.82) is 0 Å². The van der Waals surface area contributed by atoms with Gasteiger partial charge in [-0.05, 0) is 35.4 Å². The van der Waals surface area contributed by atoms with E-state index in [0.717, 1.165) is 11.3 Å². The van der Waals surface area contributed by atoms with Gasteiger partial charge in [-0.2, -0.15) is 8.78 Å². The Morgan fingerprint density at radius 2 is 1.93 bits per heavy atom. The molecule has 1 fully saturated rings. The predicted octanol–water partition coefficient (Wildman–Crippen LogP) is 3.52. The molecule has 7 heteroatoms. The molecule has 4 nitrogen and oxygen atoms in total. The molecule has 1 aliphatic rings. The van der Waals surface area contributed by atoms with E-state index in [1.807, 2.05) is 18.7 Å². The summed E-state index contributed by atoms with van der Waals surface area (Å²) in [6.07, 6.45) is 0. The lowest BCUT2D eigenvalue weighted by Crippen LogP contribution is -2.30. The first-order chi connectivity index (χ1) is 13.3. The van der Waals surface area contributed by atoms with Crippen LogP contribution < -0.4 is 0 Å². The Morgan fingerprint density at radius 3 is 2.57 bits per heavy atom. The molecular weight excluding hydrogens is 369 g/mol. The van der Waals surface area contributed by atoms with Crippen LogP contribution in [0.3, 0.4) is 0 Å². The van der Waals surface area contributed by atoms with Gasteiger partial charge >= 0.3 is 6.61 Å². The number of rotatable bonds is 5. The number of carbonyl (C=O) groups excluding carboxylic acids is 1. The summed E-state index contributed by atoms with van der Waals surface area (Å²) in [7, 11) is 3.84. The number of nitrogens with zero attached hydrogens (tertiary/aromatic N) is 2. The summed E-state index contributed by atoms with van der Waals surface area (Å²) in [6, 6.07) is 12.8. The fourth-order valence-electron chi connectivity index (χ4n) is 3.43. The van der Waals surface area contributed by atoms with E-state index >= 15 is 0 Å². The number of hydrogen-bond acceptors (Lipinski definition) is 2. The summed E-state index contributed by atoms with van der Waals surface area (Å²) in [5, 5.41) is 0. The topological polar surface area (TPSA) is 32.5 Å². The zero-order chi connectivity index (χ0) is 20.3. The van der Waals surface area contributed by atoms with Gasteiger partial charge in [0.2, 0.25) is 0 Å². The van der Waals surface area contributed by atoms with E-state index in [1.54, 1.807) is 41.3 Å². The molecular formula is C21H22F3N2O2+. The van der Waals surface area contributed by atoms with Crippen molar-refractivity contribution in [3.05, 3.63) is 71.0 Å². The number of hydrogen-bond donors (Lipinski definition) is 0. The number of carbonyl (C=O) groups is 1. The number of likely N-dealkylation sites (tertiary alicyclic amines) is 1. The molecule has 1 atom stereocenters. The smallest absolute Gasteiger partial charge is 0.327 e. The molecule has 1 aliphatic heterocycles. The highest BCUT2D eigenvalue weighted by molar-refractivity contribution is 6.01. The lowest BCUT2D eigenvalue weighted by Gasteiger charge is -2.16. The van der Waals surface area contributed by atoms with Crippen molar-refractivity contribution >= 4 is 11.6 Å². The molecule has 0 bridgehead atoms. The summed E-state index contributed by atoms with van der Waals surface area (Å²) in [4.78, 5) is 14.7. The molecule has 1 unspecified atom stereocenters. The van der Waals surface area contributed by atoms with Crippen molar-refractivity contribution in [3.63, 3.8) is 0 Å². The van der Waals surface area contributed by atoms with Crippen LogP contribution in [-0.4, -0.2) is 54.9 Å². The summed E-state index contributed by atoms with van der Waals surface area (Å²) < 4.78 is 44.1. The molecule has 1 saturated heterocycles. The summed E-state index contributed by atoms with van der Waals surface area (Å²) in [6.45, 7) is -2.19. The number of amides is 1. The normalized spacial score (nSPS) is 16.7. The van der Waals surface area contributed by atoms with Gasteiger partial charge in [-0.15, -0.1) is 0 Å². The van der Waals surface area contributed by atoms with Gasteiger partial charge in [0.1, 0.15) is 26.5 Å². The van der Waals surface area contributed by atoms with Crippen LogP contribution >= 0.6 is 0 Å². The first-order valence-electron chi connectivity index (χ1n) is 8.91. The highest BCUT2D eigenvalue weighted by Gasteiger charge is 2.37. The first-order valence-corrected chi connectivity index (χ1v) is 8.91. The molecule has 28 heavy (non-hydrogen) atoms. The van der Waals surface area contributed by atoms with E-state index in [0.29, 0.717) is 24.2 Å². The third-order valence-corrected chi connectivity index (χ3v) is 4.84. The van der Waals surface area contributed by atoms with Crippen LogP contribution in [-0.2, 0) is 11.3 Å². The average molecular weight is 391 g/mol. The minimum Gasteiger partial charge on any atom is -0.327 e. The Hall–Kier alpha value is -2.67. The van der Waals surface area contributed by atoms with Crippen LogP contribution in [0.4, 0.5) is 13.2 Å². The number of benzene rings is 2. The maximum atomic E-state index is 13.3. The fraction of sp³-hybridized carbons (Fsp3) is 0.333. The second-order valence-electron chi connectivity index (χ2n) is 6.95. The molecule has 1 heterocycles. The van der Waals surface area contributed by atoms with Gasteiger partial charge in [0, 0.05) is 12.1 Å². The maximum absolute atomic E-state index is 13.3. The summed E-state index contributed by atoms with van der Waals surface area (Å²) in [5.74, 6) is -0.503. The van der Waals surface area contributed by atoms with Gasteiger partial charge in [0.25, 0.3) is 5.91 Å². The van der Waals surface area contributed by atoms with E-state index < -0.39 is 6.61 Å². The average Bonchev–Trinajstić information content (AvgIpc) is 3.12. The van der Waals surface area contributed by atoms with Crippen LogP contribution in [0.2, 0.25) is 0 Å². The van der Waals surface area contributed by atoms with Gasteiger partial charge in [0.15, 0.2) is 5.71 Å². The fourth-order valence-corrected chi connectivity index (χ4v) is 3.43. The van der Waals surface area contributed by atoms with E-state index in [2.05, 4.69) is 4.74 Å². The molecule has 2 aromatic rings. The lowest BCUT2D eigenvalue weighted by atomic mass is 9.96. The van der Waals surface area contributed by atoms with Crippen molar-refractivity contribution < 1.29 is 27.3 Å². The molecule has 1 amide bonds. The third-order valence-electron chi connectivity index (χ3n) is 4.84. The van der Waals surface area contributed by atoms with Crippen LogP contribution in [0, 0.1) is 5.82 Å². The standard InChI is InChI=1S/C21H22F3N2O2/c1-25(2)19-12-26(11-18(19)15-6-8-17(22)9-7-15)20(27)16-5-3-4-14(10-16)13-28-21(23)24/h3-10,18,21H,11-13H2,1-2H3/q+1. The Morgan fingerprint density at radius 1 is 1.21 bits per heavy atom. The molecule has 2 aromatic carbocycles. The zero-order valence-corrected chi connectivity index (χ0v) is 15.7. The highest BCUT2D eigenvalue weighted by Crippen LogP contribution is 2.27. The Kier molecular flexibility index (Phi) is 6.14. The van der Waals surface area contributed by atoms with Crippen molar-refractivity contribution in [3.8, 4) is 0 Å². The quantitative estimate of drug-likeness (QED) is 0.731. The summed E-state index contributed by atoms with van der Waals surface area (Å²) in [5.41, 5.74) is 2.93. The minimum absolute atomic E-state index is 0.0232. The molecule has 0 N–H and O–H groups in total. The Balaban J connectivity index is 1.80. The number of halogens is 3. The van der Waals surface area contributed by atoms with E-state index in [4.69, 9.17) is 0 Å². The van der Waals surface area contributed by atoms with Crippen molar-refractivity contribution in [2.75, 3.05) is 27.2 Å². The van der Waals surface area contributed by atoms with E-state index in [-0.39, 0.29) is 24.2 Å². The number of alkyl halides is 2. The zero-order valence-electron chi connectivity index (χ0n) is 15.7. The second-order valence-corrected chi connectivity index (χ2v) is 6.95. The molecule has 0 radical (unpaired) electrons. The molecule has 0 spiro atoms. The summed E-state index contributed by atoms with van der Waals surface area (Å²) >= 11 is 0. The van der Waals surface area contributed by atoms with Gasteiger partial charge in [-0.25, -0.2) is 8.97 Å². The van der Waals surface area contributed by atoms with Crippen molar-refractivity contribution in [2.45, 2.75) is 19.1 Å².